The molecule has 0 amide bonds. The molecule has 0 aliphatic heterocycles. The summed E-state index contributed by atoms with van der Waals surface area (Å²) >= 11 is 12.4. The summed E-state index contributed by atoms with van der Waals surface area (Å²) in [6.45, 7) is 4.21. The molecule has 100 valence electrons. The molecule has 0 aliphatic carbocycles. The van der Waals surface area contributed by atoms with Crippen molar-refractivity contribution < 1.29 is 0 Å². The van der Waals surface area contributed by atoms with Gasteiger partial charge in [0.2, 0.25) is 0 Å². The molecule has 2 aromatic carbocycles. The summed E-state index contributed by atoms with van der Waals surface area (Å²) in [5.41, 5.74) is 2.20. The number of hydrogen-bond donors (Lipinski definition) is 1. The zero-order valence-electron chi connectivity index (χ0n) is 11.0. The molecule has 0 spiro atoms. The van der Waals surface area contributed by atoms with E-state index < -0.39 is 0 Å². The van der Waals surface area contributed by atoms with Crippen molar-refractivity contribution in [2.45, 2.75) is 25.9 Å². The van der Waals surface area contributed by atoms with E-state index in [9.17, 15) is 0 Å². The van der Waals surface area contributed by atoms with Gasteiger partial charge >= 0.3 is 0 Å². The molecule has 2 atom stereocenters. The van der Waals surface area contributed by atoms with E-state index in [1.165, 1.54) is 0 Å². The maximum atomic E-state index is 6.21. The highest BCUT2D eigenvalue weighted by Crippen LogP contribution is 2.27. The number of nitrogens with one attached hydrogen (secondary N) is 1. The quantitative estimate of drug-likeness (QED) is 0.795. The van der Waals surface area contributed by atoms with Gasteiger partial charge in [-0.1, -0.05) is 59.6 Å². The Bertz CT molecular complexity index is 504. The van der Waals surface area contributed by atoms with E-state index in [0.29, 0.717) is 0 Å². The molecule has 19 heavy (non-hydrogen) atoms. The lowest BCUT2D eigenvalue weighted by molar-refractivity contribution is 0.495. The lowest BCUT2D eigenvalue weighted by Gasteiger charge is -2.22. The first kappa shape index (κ1) is 14.4. The Morgan fingerprint density at radius 2 is 1.11 bits per heavy atom. The lowest BCUT2D eigenvalue weighted by atomic mass is 10.0. The second-order valence-corrected chi connectivity index (χ2v) is 5.47. The predicted octanol–water partition coefficient (Wildman–Crippen LogP) is 5.41. The van der Waals surface area contributed by atoms with Crippen molar-refractivity contribution in [2.24, 2.45) is 0 Å². The van der Waals surface area contributed by atoms with Gasteiger partial charge in [0.05, 0.1) is 0 Å². The molecule has 0 radical (unpaired) electrons. The van der Waals surface area contributed by atoms with Crippen LogP contribution in [-0.4, -0.2) is 0 Å². The molecule has 2 rings (SSSR count). The largest absolute Gasteiger partial charge is 0.304 e. The van der Waals surface area contributed by atoms with Crippen molar-refractivity contribution in [3.05, 3.63) is 69.7 Å². The summed E-state index contributed by atoms with van der Waals surface area (Å²) in [6, 6.07) is 16.1. The van der Waals surface area contributed by atoms with E-state index in [0.717, 1.165) is 21.2 Å². The van der Waals surface area contributed by atoms with Crippen molar-refractivity contribution in [3.8, 4) is 0 Å². The monoisotopic (exact) mass is 293 g/mol. The molecule has 2 aromatic rings. The average Bonchev–Trinajstić information content (AvgIpc) is 2.39. The highest BCUT2D eigenvalue weighted by atomic mass is 35.5. The standard InChI is InChI=1S/C16H17Cl2N/c1-11(13-7-3-5-9-15(13)17)19-12(2)14-8-4-6-10-16(14)18/h3-12,19H,1-2H3/t11-,12?/m0/s1. The SMILES string of the molecule is CC(N[C@@H](C)c1ccccc1Cl)c1ccccc1Cl. The third-order valence-electron chi connectivity index (χ3n) is 3.24. The van der Waals surface area contributed by atoms with Crippen LogP contribution >= 0.6 is 23.2 Å². The van der Waals surface area contributed by atoms with E-state index in [4.69, 9.17) is 23.2 Å². The first-order valence-electron chi connectivity index (χ1n) is 6.34. The fourth-order valence-electron chi connectivity index (χ4n) is 2.21. The maximum Gasteiger partial charge on any atom is 0.0453 e. The van der Waals surface area contributed by atoms with Gasteiger partial charge < -0.3 is 5.32 Å². The van der Waals surface area contributed by atoms with Gasteiger partial charge in [-0.2, -0.15) is 0 Å². The van der Waals surface area contributed by atoms with Gasteiger partial charge in [0.25, 0.3) is 0 Å². The molecule has 0 aliphatic rings. The van der Waals surface area contributed by atoms with Crippen molar-refractivity contribution >= 4 is 23.2 Å². The Balaban J connectivity index is 2.13. The Kier molecular flexibility index (Phi) is 4.87. The van der Waals surface area contributed by atoms with Crippen LogP contribution in [-0.2, 0) is 0 Å². The fraction of sp³-hybridized carbons (Fsp3) is 0.250. The number of halogens is 2. The fourth-order valence-corrected chi connectivity index (χ4v) is 2.81. The Labute approximate surface area is 124 Å². The van der Waals surface area contributed by atoms with E-state index in [1.54, 1.807) is 0 Å². The molecule has 1 unspecified atom stereocenters. The molecule has 0 fully saturated rings. The van der Waals surface area contributed by atoms with Crippen LogP contribution in [0, 0.1) is 0 Å². The molecular weight excluding hydrogens is 277 g/mol. The maximum absolute atomic E-state index is 6.21. The topological polar surface area (TPSA) is 12.0 Å². The minimum atomic E-state index is 0.167. The van der Waals surface area contributed by atoms with Crippen molar-refractivity contribution in [2.75, 3.05) is 0 Å². The van der Waals surface area contributed by atoms with Gasteiger partial charge in [-0.05, 0) is 37.1 Å². The van der Waals surface area contributed by atoms with Crippen LogP contribution in [0.15, 0.2) is 48.5 Å². The van der Waals surface area contributed by atoms with Crippen LogP contribution in [0.4, 0.5) is 0 Å². The van der Waals surface area contributed by atoms with E-state index in [2.05, 4.69) is 19.2 Å². The van der Waals surface area contributed by atoms with Crippen molar-refractivity contribution in [1.82, 2.24) is 5.32 Å². The normalized spacial score (nSPS) is 14.1. The second-order valence-electron chi connectivity index (χ2n) is 4.65. The zero-order chi connectivity index (χ0) is 13.8. The molecule has 0 heterocycles. The summed E-state index contributed by atoms with van der Waals surface area (Å²) in [5, 5.41) is 5.10. The summed E-state index contributed by atoms with van der Waals surface area (Å²) < 4.78 is 0. The molecule has 1 nitrogen and oxygen atoms in total. The van der Waals surface area contributed by atoms with Crippen LogP contribution in [0.3, 0.4) is 0 Å². The molecule has 0 saturated carbocycles. The van der Waals surface area contributed by atoms with E-state index in [-0.39, 0.29) is 12.1 Å². The summed E-state index contributed by atoms with van der Waals surface area (Å²) in [6.07, 6.45) is 0. The minimum Gasteiger partial charge on any atom is -0.304 e. The van der Waals surface area contributed by atoms with Gasteiger partial charge in [-0.15, -0.1) is 0 Å². The van der Waals surface area contributed by atoms with Gasteiger partial charge in [0.15, 0.2) is 0 Å². The average molecular weight is 294 g/mol. The third kappa shape index (κ3) is 3.50. The first-order valence-corrected chi connectivity index (χ1v) is 7.10. The van der Waals surface area contributed by atoms with Gasteiger partial charge in [0, 0.05) is 22.1 Å². The third-order valence-corrected chi connectivity index (χ3v) is 3.93. The molecular formula is C16H17Cl2N. The van der Waals surface area contributed by atoms with Crippen LogP contribution in [0.1, 0.15) is 37.1 Å². The predicted molar refractivity (Wildman–Crippen MR) is 82.9 cm³/mol. The Hall–Kier alpha value is -1.02. The van der Waals surface area contributed by atoms with E-state index >= 15 is 0 Å². The highest BCUT2D eigenvalue weighted by Gasteiger charge is 2.14. The van der Waals surface area contributed by atoms with Gasteiger partial charge in [-0.25, -0.2) is 0 Å². The van der Waals surface area contributed by atoms with Crippen LogP contribution < -0.4 is 5.32 Å². The highest BCUT2D eigenvalue weighted by molar-refractivity contribution is 6.31. The van der Waals surface area contributed by atoms with Crippen LogP contribution in [0.5, 0.6) is 0 Å². The lowest BCUT2D eigenvalue weighted by Crippen LogP contribution is -2.22. The van der Waals surface area contributed by atoms with Crippen molar-refractivity contribution in [3.63, 3.8) is 0 Å². The van der Waals surface area contributed by atoms with Crippen LogP contribution in [0.25, 0.3) is 0 Å². The Morgan fingerprint density at radius 3 is 1.47 bits per heavy atom. The number of hydrogen-bond acceptors (Lipinski definition) is 1. The number of rotatable bonds is 4. The van der Waals surface area contributed by atoms with Crippen LogP contribution in [0.2, 0.25) is 10.0 Å². The zero-order valence-corrected chi connectivity index (χ0v) is 12.5. The molecule has 1 N–H and O–H groups in total. The summed E-state index contributed by atoms with van der Waals surface area (Å²) in [5.74, 6) is 0. The summed E-state index contributed by atoms with van der Waals surface area (Å²) in [4.78, 5) is 0. The first-order chi connectivity index (χ1) is 9.09. The van der Waals surface area contributed by atoms with E-state index in [1.807, 2.05) is 48.5 Å². The van der Waals surface area contributed by atoms with Gasteiger partial charge in [0.1, 0.15) is 0 Å². The summed E-state index contributed by atoms with van der Waals surface area (Å²) in [7, 11) is 0. The second kappa shape index (κ2) is 6.42. The minimum absolute atomic E-state index is 0.167. The molecule has 3 heteroatoms. The molecule has 0 bridgehead atoms. The van der Waals surface area contributed by atoms with Gasteiger partial charge in [-0.3, -0.25) is 0 Å². The molecule has 0 aromatic heterocycles. The smallest absolute Gasteiger partial charge is 0.0453 e. The molecule has 0 saturated heterocycles. The Morgan fingerprint density at radius 1 is 0.737 bits per heavy atom. The van der Waals surface area contributed by atoms with Crippen molar-refractivity contribution in [1.29, 1.82) is 0 Å². The number of benzene rings is 2.